The van der Waals surface area contributed by atoms with Gasteiger partial charge in [-0.25, -0.2) is 13.2 Å². The topological polar surface area (TPSA) is 104 Å². The maximum Gasteiger partial charge on any atom is 0.345 e. The Kier molecular flexibility index (Phi) is 5.87. The number of thiophene rings is 1. The molecule has 0 spiro atoms. The van der Waals surface area contributed by atoms with Crippen LogP contribution in [0.1, 0.15) is 23.5 Å². The number of carboxylic acids is 1. The van der Waals surface area contributed by atoms with E-state index in [2.05, 4.69) is 5.32 Å². The molecule has 21 heavy (non-hydrogen) atoms. The molecule has 118 valence electrons. The molecule has 1 amide bonds. The summed E-state index contributed by atoms with van der Waals surface area (Å²) >= 11 is 0.829. The van der Waals surface area contributed by atoms with Gasteiger partial charge in [0.15, 0.2) is 0 Å². The van der Waals surface area contributed by atoms with Crippen LogP contribution in [0.4, 0.5) is 0 Å². The molecule has 0 bridgehead atoms. The predicted molar refractivity (Wildman–Crippen MR) is 78.9 cm³/mol. The summed E-state index contributed by atoms with van der Waals surface area (Å²) in [7, 11) is -2.59. The van der Waals surface area contributed by atoms with Gasteiger partial charge in [-0.2, -0.15) is 4.31 Å². The molecular formula is C12H18N2O5S2. The Morgan fingerprint density at radius 1 is 1.43 bits per heavy atom. The molecule has 0 aliphatic rings. The van der Waals surface area contributed by atoms with Crippen molar-refractivity contribution in [2.45, 2.75) is 18.7 Å². The second kappa shape index (κ2) is 7.01. The minimum Gasteiger partial charge on any atom is -0.477 e. The first kappa shape index (κ1) is 17.6. The van der Waals surface area contributed by atoms with Crippen LogP contribution in [0.5, 0.6) is 0 Å². The van der Waals surface area contributed by atoms with Gasteiger partial charge in [-0.3, -0.25) is 4.79 Å². The molecule has 0 unspecified atom stereocenters. The molecule has 7 nitrogen and oxygen atoms in total. The second-order valence-electron chi connectivity index (χ2n) is 4.91. The van der Waals surface area contributed by atoms with Gasteiger partial charge in [0.1, 0.15) is 4.88 Å². The summed E-state index contributed by atoms with van der Waals surface area (Å²) in [5, 5.41) is 12.7. The zero-order chi connectivity index (χ0) is 16.2. The van der Waals surface area contributed by atoms with Crippen molar-refractivity contribution < 1.29 is 23.1 Å². The number of hydrogen-bond donors (Lipinski definition) is 2. The summed E-state index contributed by atoms with van der Waals surface area (Å²) in [5.41, 5.74) is 0. The molecule has 0 saturated carbocycles. The van der Waals surface area contributed by atoms with Gasteiger partial charge in [0, 0.05) is 19.0 Å². The largest absolute Gasteiger partial charge is 0.477 e. The summed E-state index contributed by atoms with van der Waals surface area (Å²) in [6, 6.07) is 1.09. The lowest BCUT2D eigenvalue weighted by Gasteiger charge is -2.16. The molecular weight excluding hydrogens is 316 g/mol. The molecule has 0 aliphatic heterocycles. The minimum atomic E-state index is -3.87. The number of rotatable bonds is 7. The van der Waals surface area contributed by atoms with Crippen molar-refractivity contribution in [1.82, 2.24) is 9.62 Å². The normalized spacial score (nSPS) is 11.9. The molecule has 2 N–H and O–H groups in total. The van der Waals surface area contributed by atoms with E-state index in [0.29, 0.717) is 6.54 Å². The highest BCUT2D eigenvalue weighted by Crippen LogP contribution is 2.21. The van der Waals surface area contributed by atoms with Gasteiger partial charge < -0.3 is 10.4 Å². The number of nitrogens with one attached hydrogen (secondary N) is 1. The summed E-state index contributed by atoms with van der Waals surface area (Å²) in [6.45, 7) is 4.01. The minimum absolute atomic E-state index is 0.0637. The monoisotopic (exact) mass is 334 g/mol. The molecule has 0 fully saturated rings. The average Bonchev–Trinajstić information content (AvgIpc) is 2.86. The van der Waals surface area contributed by atoms with Gasteiger partial charge in [-0.15, -0.1) is 11.3 Å². The first-order chi connectivity index (χ1) is 9.64. The summed E-state index contributed by atoms with van der Waals surface area (Å²) < 4.78 is 25.3. The van der Waals surface area contributed by atoms with Crippen LogP contribution in [0.15, 0.2) is 16.3 Å². The SMILES string of the molecule is CC(C)CNC(=O)CN(C)S(=O)(=O)c1csc(C(=O)O)c1. The Morgan fingerprint density at radius 2 is 2.05 bits per heavy atom. The molecule has 0 atom stereocenters. The van der Waals surface area contributed by atoms with E-state index in [1.165, 1.54) is 12.4 Å². The molecule has 0 aromatic carbocycles. The Bertz CT molecular complexity index is 621. The van der Waals surface area contributed by atoms with E-state index in [9.17, 15) is 18.0 Å². The smallest absolute Gasteiger partial charge is 0.345 e. The average molecular weight is 334 g/mol. The van der Waals surface area contributed by atoms with Gasteiger partial charge >= 0.3 is 5.97 Å². The summed E-state index contributed by atoms with van der Waals surface area (Å²) in [4.78, 5) is 22.2. The van der Waals surface area contributed by atoms with Crippen molar-refractivity contribution in [2.75, 3.05) is 20.1 Å². The molecule has 0 saturated heterocycles. The van der Waals surface area contributed by atoms with Crippen LogP contribution in [0.2, 0.25) is 0 Å². The standard InChI is InChI=1S/C12H18N2O5S2/c1-8(2)5-13-11(15)6-14(3)21(18,19)9-4-10(12(16)17)20-7-9/h4,7-8H,5-6H2,1-3H3,(H,13,15)(H,16,17). The quantitative estimate of drug-likeness (QED) is 0.769. The molecule has 1 heterocycles. The van der Waals surface area contributed by atoms with Crippen LogP contribution < -0.4 is 5.32 Å². The fourth-order valence-corrected chi connectivity index (χ4v) is 3.63. The summed E-state index contributed by atoms with van der Waals surface area (Å²) in [5.74, 6) is -1.31. The lowest BCUT2D eigenvalue weighted by molar-refractivity contribution is -0.121. The van der Waals surface area contributed by atoms with Crippen molar-refractivity contribution in [3.8, 4) is 0 Å². The van der Waals surface area contributed by atoms with Crippen molar-refractivity contribution >= 4 is 33.2 Å². The van der Waals surface area contributed by atoms with Gasteiger partial charge in [-0.05, 0) is 12.0 Å². The van der Waals surface area contributed by atoms with E-state index in [1.807, 2.05) is 13.8 Å². The van der Waals surface area contributed by atoms with Gasteiger partial charge in [0.2, 0.25) is 15.9 Å². The number of aromatic carboxylic acids is 1. The highest BCUT2D eigenvalue weighted by Gasteiger charge is 2.25. The molecule has 0 aliphatic carbocycles. The molecule has 1 aromatic rings. The first-order valence-electron chi connectivity index (χ1n) is 6.19. The predicted octanol–water partition coefficient (Wildman–Crippen LogP) is 0.839. The fraction of sp³-hybridized carbons (Fsp3) is 0.500. The Morgan fingerprint density at radius 3 is 2.52 bits per heavy atom. The van der Waals surface area contributed by atoms with Crippen LogP contribution in [0.25, 0.3) is 0 Å². The van der Waals surface area contributed by atoms with Crippen LogP contribution >= 0.6 is 11.3 Å². The molecule has 9 heteroatoms. The third-order valence-corrected chi connectivity index (χ3v) is 5.42. The van der Waals surface area contributed by atoms with E-state index in [4.69, 9.17) is 5.11 Å². The Hall–Kier alpha value is -1.45. The zero-order valence-electron chi connectivity index (χ0n) is 12.0. The maximum atomic E-state index is 12.2. The number of amides is 1. The number of carbonyl (C=O) groups is 2. The van der Waals surface area contributed by atoms with Crippen LogP contribution in [0.3, 0.4) is 0 Å². The van der Waals surface area contributed by atoms with Gasteiger partial charge in [0.25, 0.3) is 0 Å². The molecule has 1 aromatic heterocycles. The van der Waals surface area contributed by atoms with Gasteiger partial charge in [0.05, 0.1) is 11.4 Å². The number of likely N-dealkylation sites (N-methyl/N-ethyl adjacent to an activating group) is 1. The van der Waals surface area contributed by atoms with Crippen molar-refractivity contribution in [3.63, 3.8) is 0 Å². The lowest BCUT2D eigenvalue weighted by Crippen LogP contribution is -2.39. The van der Waals surface area contributed by atoms with Gasteiger partial charge in [-0.1, -0.05) is 13.8 Å². The van der Waals surface area contributed by atoms with Crippen LogP contribution in [-0.2, 0) is 14.8 Å². The van der Waals surface area contributed by atoms with E-state index < -0.39 is 21.9 Å². The fourth-order valence-electron chi connectivity index (χ4n) is 1.41. The molecule has 0 radical (unpaired) electrons. The second-order valence-corrected chi connectivity index (χ2v) is 7.87. The number of carbonyl (C=O) groups excluding carboxylic acids is 1. The van der Waals surface area contributed by atoms with Crippen molar-refractivity contribution in [2.24, 2.45) is 5.92 Å². The van der Waals surface area contributed by atoms with Crippen LogP contribution in [0, 0.1) is 5.92 Å². The van der Waals surface area contributed by atoms with E-state index in [0.717, 1.165) is 21.7 Å². The Balaban J connectivity index is 2.77. The molecule has 1 rings (SSSR count). The highest BCUT2D eigenvalue weighted by atomic mass is 32.2. The van der Waals surface area contributed by atoms with E-state index in [-0.39, 0.29) is 22.2 Å². The third-order valence-electron chi connectivity index (χ3n) is 2.57. The summed E-state index contributed by atoms with van der Waals surface area (Å²) in [6.07, 6.45) is 0. The van der Waals surface area contributed by atoms with Crippen LogP contribution in [-0.4, -0.2) is 49.8 Å². The first-order valence-corrected chi connectivity index (χ1v) is 8.51. The number of carboxylic acid groups (broad SMARTS) is 1. The Labute approximate surface area is 127 Å². The number of nitrogens with zero attached hydrogens (tertiary/aromatic N) is 1. The van der Waals surface area contributed by atoms with Crippen molar-refractivity contribution in [1.29, 1.82) is 0 Å². The number of hydrogen-bond acceptors (Lipinski definition) is 5. The van der Waals surface area contributed by atoms with Crippen molar-refractivity contribution in [3.05, 3.63) is 16.3 Å². The lowest BCUT2D eigenvalue weighted by atomic mass is 10.2. The highest BCUT2D eigenvalue weighted by molar-refractivity contribution is 7.89. The maximum absolute atomic E-state index is 12.2. The van der Waals surface area contributed by atoms with E-state index in [1.54, 1.807) is 0 Å². The number of sulfonamides is 1. The third kappa shape index (κ3) is 4.80. The van der Waals surface area contributed by atoms with E-state index >= 15 is 0 Å². The zero-order valence-corrected chi connectivity index (χ0v) is 13.6.